The topological polar surface area (TPSA) is 89.5 Å². The lowest BCUT2D eigenvalue weighted by atomic mass is 9.94. The van der Waals surface area contributed by atoms with Crippen LogP contribution in [0.3, 0.4) is 0 Å². The Morgan fingerprint density at radius 3 is 2.76 bits per heavy atom. The highest BCUT2D eigenvalue weighted by molar-refractivity contribution is 9.10. The maximum atomic E-state index is 13.1. The number of hydrogen-bond acceptors (Lipinski definition) is 4. The zero-order valence-corrected chi connectivity index (χ0v) is 17.8. The summed E-state index contributed by atoms with van der Waals surface area (Å²) < 4.78 is 0.914. The third-order valence-corrected chi connectivity index (χ3v) is 5.78. The number of nitrogens with one attached hydrogen (secondary N) is 1. The van der Waals surface area contributed by atoms with Crippen LogP contribution in [-0.2, 0) is 0 Å². The van der Waals surface area contributed by atoms with E-state index in [4.69, 9.17) is 0 Å². The van der Waals surface area contributed by atoms with Gasteiger partial charge in [0.2, 0.25) is 0 Å². The second kappa shape index (κ2) is 7.65. The van der Waals surface area contributed by atoms with E-state index < -0.39 is 0 Å². The standard InChI is InChI=1S/C22H22BrN3O3/c1-12-9-13(2)21(28)16(10-12)18-17-19(25-24-18)22(29)26(7-4-8-27)20(17)14-5-3-6-15(23)11-14/h3,5-6,9-11,20,27-28H,4,7-8H2,1-2H3,(H,24,25). The average Bonchev–Trinajstić information content (AvgIpc) is 3.22. The van der Waals surface area contributed by atoms with Crippen molar-refractivity contribution < 1.29 is 15.0 Å². The van der Waals surface area contributed by atoms with E-state index >= 15 is 0 Å². The van der Waals surface area contributed by atoms with Crippen molar-refractivity contribution in [3.05, 3.63) is 68.8 Å². The second-order valence-corrected chi connectivity index (χ2v) is 8.29. The van der Waals surface area contributed by atoms with Gasteiger partial charge >= 0.3 is 0 Å². The first-order valence-electron chi connectivity index (χ1n) is 9.48. The van der Waals surface area contributed by atoms with Gasteiger partial charge in [0.15, 0.2) is 0 Å². The SMILES string of the molecule is Cc1cc(C)c(O)c(-c2n[nH]c3c2C(c2cccc(Br)c2)N(CCCO)C3=O)c1. The Morgan fingerprint density at radius 1 is 1.24 bits per heavy atom. The first-order chi connectivity index (χ1) is 13.9. The fourth-order valence-electron chi connectivity index (χ4n) is 4.04. The Hall–Kier alpha value is -2.64. The van der Waals surface area contributed by atoms with Gasteiger partial charge in [0, 0.05) is 28.8 Å². The number of phenols is 1. The van der Waals surface area contributed by atoms with Crippen LogP contribution in [0.2, 0.25) is 0 Å². The van der Waals surface area contributed by atoms with Gasteiger partial charge in [-0.25, -0.2) is 0 Å². The van der Waals surface area contributed by atoms with Crippen molar-refractivity contribution in [1.82, 2.24) is 15.1 Å². The molecule has 1 aliphatic heterocycles. The molecular weight excluding hydrogens is 434 g/mol. The number of benzene rings is 2. The summed E-state index contributed by atoms with van der Waals surface area (Å²) in [4.78, 5) is 14.9. The molecule has 2 aromatic carbocycles. The van der Waals surface area contributed by atoms with E-state index in [-0.39, 0.29) is 24.3 Å². The number of aromatic hydroxyl groups is 1. The Labute approximate surface area is 177 Å². The lowest BCUT2D eigenvalue weighted by molar-refractivity contribution is 0.0732. The molecule has 7 heteroatoms. The van der Waals surface area contributed by atoms with Gasteiger partial charge in [-0.05, 0) is 55.2 Å². The van der Waals surface area contributed by atoms with Crippen LogP contribution in [0.15, 0.2) is 40.9 Å². The van der Waals surface area contributed by atoms with E-state index in [1.54, 1.807) is 4.90 Å². The molecule has 2 heterocycles. The Balaban J connectivity index is 1.92. The maximum absolute atomic E-state index is 13.1. The van der Waals surface area contributed by atoms with Gasteiger partial charge in [0.25, 0.3) is 5.91 Å². The molecule has 6 nitrogen and oxygen atoms in total. The van der Waals surface area contributed by atoms with E-state index in [0.29, 0.717) is 29.9 Å². The number of halogens is 1. The maximum Gasteiger partial charge on any atom is 0.273 e. The molecular formula is C22H22BrN3O3. The quantitative estimate of drug-likeness (QED) is 0.540. The first kappa shape index (κ1) is 19.7. The van der Waals surface area contributed by atoms with Crippen LogP contribution in [0, 0.1) is 13.8 Å². The number of aliphatic hydroxyl groups is 1. The minimum atomic E-state index is -0.351. The third-order valence-electron chi connectivity index (χ3n) is 5.29. The number of carbonyl (C=O) groups excluding carboxylic acids is 1. The lowest BCUT2D eigenvalue weighted by Crippen LogP contribution is -2.31. The van der Waals surface area contributed by atoms with Crippen LogP contribution in [0.1, 0.15) is 45.2 Å². The predicted octanol–water partition coefficient (Wildman–Crippen LogP) is 4.09. The number of aromatic nitrogens is 2. The molecule has 3 aromatic rings. The number of carbonyl (C=O) groups is 1. The molecule has 150 valence electrons. The van der Waals surface area contributed by atoms with Crippen LogP contribution >= 0.6 is 15.9 Å². The van der Waals surface area contributed by atoms with Gasteiger partial charge in [0.05, 0.1) is 6.04 Å². The summed E-state index contributed by atoms with van der Waals surface area (Å²) in [5, 5.41) is 27.3. The Morgan fingerprint density at radius 2 is 2.03 bits per heavy atom. The van der Waals surface area contributed by atoms with Crippen LogP contribution in [0.5, 0.6) is 5.75 Å². The number of fused-ring (bicyclic) bond motifs is 1. The molecule has 3 N–H and O–H groups in total. The first-order valence-corrected chi connectivity index (χ1v) is 10.3. The molecule has 0 fully saturated rings. The van der Waals surface area contributed by atoms with Crippen LogP contribution in [0.4, 0.5) is 0 Å². The summed E-state index contributed by atoms with van der Waals surface area (Å²) in [7, 11) is 0. The molecule has 0 radical (unpaired) electrons. The molecule has 0 saturated heterocycles. The summed E-state index contributed by atoms with van der Waals surface area (Å²) >= 11 is 3.51. The summed E-state index contributed by atoms with van der Waals surface area (Å²) in [6.45, 7) is 4.25. The Kier molecular flexibility index (Phi) is 5.19. The highest BCUT2D eigenvalue weighted by Gasteiger charge is 2.42. The molecule has 0 saturated carbocycles. The number of aromatic amines is 1. The molecule has 1 aliphatic rings. The monoisotopic (exact) mass is 455 g/mol. The van der Waals surface area contributed by atoms with E-state index in [9.17, 15) is 15.0 Å². The average molecular weight is 456 g/mol. The highest BCUT2D eigenvalue weighted by atomic mass is 79.9. The number of nitrogens with zero attached hydrogens (tertiary/aromatic N) is 2. The van der Waals surface area contributed by atoms with Crippen LogP contribution in [-0.4, -0.2) is 44.4 Å². The summed E-state index contributed by atoms with van der Waals surface area (Å²) in [6.07, 6.45) is 0.484. The van der Waals surface area contributed by atoms with Crippen LogP contribution in [0.25, 0.3) is 11.3 Å². The number of phenolic OH excluding ortho intramolecular Hbond substituents is 1. The molecule has 1 aromatic heterocycles. The number of H-pyrrole nitrogens is 1. The van der Waals surface area contributed by atoms with Crippen molar-refractivity contribution in [3.63, 3.8) is 0 Å². The largest absolute Gasteiger partial charge is 0.507 e. The summed E-state index contributed by atoms with van der Waals surface area (Å²) in [5.41, 5.74) is 5.08. The number of amides is 1. The van der Waals surface area contributed by atoms with Gasteiger partial charge < -0.3 is 15.1 Å². The number of rotatable bonds is 5. The number of aryl methyl sites for hydroxylation is 2. The van der Waals surface area contributed by atoms with Crippen LogP contribution < -0.4 is 0 Å². The smallest absolute Gasteiger partial charge is 0.273 e. The van der Waals surface area contributed by atoms with Crippen molar-refractivity contribution in [2.45, 2.75) is 26.3 Å². The normalized spacial score (nSPS) is 15.8. The molecule has 0 aliphatic carbocycles. The van der Waals surface area contributed by atoms with Gasteiger partial charge in [0.1, 0.15) is 17.1 Å². The fraction of sp³-hybridized carbons (Fsp3) is 0.273. The predicted molar refractivity (Wildman–Crippen MR) is 114 cm³/mol. The van der Waals surface area contributed by atoms with Gasteiger partial charge in [-0.3, -0.25) is 9.89 Å². The van der Waals surface area contributed by atoms with E-state index in [1.165, 1.54) is 0 Å². The van der Waals surface area contributed by atoms with Crippen molar-refractivity contribution in [3.8, 4) is 17.0 Å². The highest BCUT2D eigenvalue weighted by Crippen LogP contribution is 2.45. The van der Waals surface area contributed by atoms with E-state index in [2.05, 4.69) is 26.1 Å². The second-order valence-electron chi connectivity index (χ2n) is 7.37. The van der Waals surface area contributed by atoms with Crippen molar-refractivity contribution >= 4 is 21.8 Å². The zero-order valence-electron chi connectivity index (χ0n) is 16.2. The number of hydrogen-bond donors (Lipinski definition) is 3. The third kappa shape index (κ3) is 3.34. The van der Waals surface area contributed by atoms with Gasteiger partial charge in [-0.15, -0.1) is 0 Å². The molecule has 0 spiro atoms. The van der Waals surface area contributed by atoms with E-state index in [0.717, 1.165) is 26.7 Å². The lowest BCUT2D eigenvalue weighted by Gasteiger charge is -2.26. The van der Waals surface area contributed by atoms with Crippen molar-refractivity contribution in [2.24, 2.45) is 0 Å². The minimum Gasteiger partial charge on any atom is -0.507 e. The number of aliphatic hydroxyl groups excluding tert-OH is 1. The van der Waals surface area contributed by atoms with Crippen molar-refractivity contribution in [1.29, 1.82) is 0 Å². The van der Waals surface area contributed by atoms with E-state index in [1.807, 2.05) is 50.2 Å². The molecule has 1 unspecified atom stereocenters. The zero-order chi connectivity index (χ0) is 20.7. The molecule has 29 heavy (non-hydrogen) atoms. The van der Waals surface area contributed by atoms with Gasteiger partial charge in [-0.2, -0.15) is 5.10 Å². The van der Waals surface area contributed by atoms with Crippen molar-refractivity contribution in [2.75, 3.05) is 13.2 Å². The Bertz CT molecular complexity index is 1090. The van der Waals surface area contributed by atoms with Gasteiger partial charge in [-0.1, -0.05) is 34.1 Å². The molecule has 0 bridgehead atoms. The molecule has 4 rings (SSSR count). The summed E-state index contributed by atoms with van der Waals surface area (Å²) in [5.74, 6) is 0.0141. The summed E-state index contributed by atoms with van der Waals surface area (Å²) in [6, 6.07) is 11.3. The molecule has 1 atom stereocenters. The molecule has 1 amide bonds. The minimum absolute atomic E-state index is 0.00584. The fourth-order valence-corrected chi connectivity index (χ4v) is 4.45.